The van der Waals surface area contributed by atoms with Gasteiger partial charge in [0, 0.05) is 18.5 Å². The minimum Gasteiger partial charge on any atom is -0.351 e. The fraction of sp³-hybridized carbons (Fsp3) is 0.167. The zero-order valence-electron chi connectivity index (χ0n) is 13.1. The molecular weight excluding hydrogens is 324 g/mol. The summed E-state index contributed by atoms with van der Waals surface area (Å²) in [4.78, 5) is 12.5. The second kappa shape index (κ2) is 6.59. The molecule has 1 heterocycles. The Morgan fingerprint density at radius 2 is 2.00 bits per heavy atom. The molecule has 1 amide bonds. The minimum absolute atomic E-state index is 0.178. The van der Waals surface area contributed by atoms with Crippen LogP contribution in [-0.2, 0) is 14.8 Å². The van der Waals surface area contributed by atoms with E-state index >= 15 is 0 Å². The second-order valence-electron chi connectivity index (χ2n) is 5.46. The van der Waals surface area contributed by atoms with Crippen LogP contribution in [0.15, 0.2) is 72.2 Å². The Kier molecular flexibility index (Phi) is 4.51. The monoisotopic (exact) mass is 342 g/mol. The quantitative estimate of drug-likeness (QED) is 0.846. The van der Waals surface area contributed by atoms with Crippen LogP contribution in [0.2, 0.25) is 0 Å². The molecule has 0 saturated carbocycles. The molecule has 0 aliphatic carbocycles. The van der Waals surface area contributed by atoms with Gasteiger partial charge in [0.1, 0.15) is 6.04 Å². The van der Waals surface area contributed by atoms with Crippen LogP contribution in [0, 0.1) is 0 Å². The van der Waals surface area contributed by atoms with Crippen molar-refractivity contribution < 1.29 is 13.2 Å². The lowest BCUT2D eigenvalue weighted by Gasteiger charge is -2.23. The number of sulfonamides is 1. The summed E-state index contributed by atoms with van der Waals surface area (Å²) in [5.74, 6) is -0.354. The van der Waals surface area contributed by atoms with Gasteiger partial charge >= 0.3 is 0 Å². The number of rotatable bonds is 5. The van der Waals surface area contributed by atoms with E-state index in [1.54, 1.807) is 42.5 Å². The molecule has 6 heteroatoms. The van der Waals surface area contributed by atoms with Crippen LogP contribution in [-0.4, -0.2) is 37.8 Å². The first-order chi connectivity index (χ1) is 11.6. The average Bonchev–Trinajstić information content (AvgIpc) is 3.10. The van der Waals surface area contributed by atoms with Crippen molar-refractivity contribution in [2.24, 2.45) is 0 Å². The fourth-order valence-corrected chi connectivity index (χ4v) is 4.51. The van der Waals surface area contributed by atoms with E-state index in [0.717, 1.165) is 5.39 Å². The molecule has 0 unspecified atom stereocenters. The Morgan fingerprint density at radius 1 is 1.25 bits per heavy atom. The largest absolute Gasteiger partial charge is 0.351 e. The Bertz CT molecular complexity index is 914. The number of benzene rings is 2. The Labute approximate surface area is 141 Å². The molecule has 2 aromatic rings. The molecule has 2 aromatic carbocycles. The number of hydrogen-bond donors (Lipinski definition) is 1. The first-order valence-electron chi connectivity index (χ1n) is 7.60. The van der Waals surface area contributed by atoms with Gasteiger partial charge in [-0.25, -0.2) is 8.42 Å². The summed E-state index contributed by atoms with van der Waals surface area (Å²) in [7, 11) is -3.80. The van der Waals surface area contributed by atoms with Gasteiger partial charge in [0.05, 0.1) is 4.90 Å². The van der Waals surface area contributed by atoms with Crippen molar-refractivity contribution in [2.45, 2.75) is 10.9 Å². The number of amides is 1. The third-order valence-electron chi connectivity index (χ3n) is 3.94. The highest BCUT2D eigenvalue weighted by Gasteiger charge is 2.37. The smallest absolute Gasteiger partial charge is 0.244 e. The molecule has 0 bridgehead atoms. The van der Waals surface area contributed by atoms with E-state index in [-0.39, 0.29) is 17.3 Å². The van der Waals surface area contributed by atoms with Crippen molar-refractivity contribution in [3.8, 4) is 0 Å². The van der Waals surface area contributed by atoms with Gasteiger partial charge in [-0.3, -0.25) is 4.79 Å². The highest BCUT2D eigenvalue weighted by atomic mass is 32.2. The van der Waals surface area contributed by atoms with Gasteiger partial charge in [-0.05, 0) is 11.5 Å². The van der Waals surface area contributed by atoms with E-state index in [2.05, 4.69) is 11.9 Å². The van der Waals surface area contributed by atoms with Crippen LogP contribution in [0.4, 0.5) is 0 Å². The van der Waals surface area contributed by atoms with Crippen molar-refractivity contribution >= 4 is 26.7 Å². The molecule has 0 saturated heterocycles. The first kappa shape index (κ1) is 16.4. The molecule has 0 radical (unpaired) electrons. The van der Waals surface area contributed by atoms with Gasteiger partial charge in [0.2, 0.25) is 15.9 Å². The average molecular weight is 342 g/mol. The Morgan fingerprint density at radius 3 is 2.79 bits per heavy atom. The number of nitrogens with zero attached hydrogens (tertiary/aromatic N) is 1. The zero-order valence-corrected chi connectivity index (χ0v) is 13.9. The van der Waals surface area contributed by atoms with Crippen LogP contribution in [0.25, 0.3) is 10.8 Å². The maximum absolute atomic E-state index is 13.1. The number of carbonyl (C=O) groups is 1. The first-order valence-corrected chi connectivity index (χ1v) is 9.04. The molecule has 5 nitrogen and oxygen atoms in total. The molecule has 1 atom stereocenters. The number of nitrogens with one attached hydrogen (secondary N) is 1. The van der Waals surface area contributed by atoms with E-state index in [4.69, 9.17) is 0 Å². The predicted octanol–water partition coefficient (Wildman–Crippen LogP) is 2.07. The van der Waals surface area contributed by atoms with Crippen molar-refractivity contribution in [2.75, 3.05) is 13.1 Å². The normalized spacial score (nSPS) is 17.9. The topological polar surface area (TPSA) is 66.5 Å². The van der Waals surface area contributed by atoms with Gasteiger partial charge in [-0.15, -0.1) is 6.58 Å². The standard InChI is InChI=1S/C18H18N2O3S/c1-2-12-19-18(21)16-10-6-13-20(16)24(22,23)17-11-5-8-14-7-3-4-9-15(14)17/h2-11,16H,1,12-13H2,(H,19,21)/t16-/m1/s1. The molecule has 24 heavy (non-hydrogen) atoms. The molecule has 3 rings (SSSR count). The summed E-state index contributed by atoms with van der Waals surface area (Å²) < 4.78 is 27.5. The molecule has 1 N–H and O–H groups in total. The van der Waals surface area contributed by atoms with Gasteiger partial charge in [0.15, 0.2) is 0 Å². The van der Waals surface area contributed by atoms with Crippen LogP contribution in [0.1, 0.15) is 0 Å². The van der Waals surface area contributed by atoms with Gasteiger partial charge in [0.25, 0.3) is 0 Å². The Balaban J connectivity index is 2.00. The number of hydrogen-bond acceptors (Lipinski definition) is 3. The Hall–Kier alpha value is -2.44. The minimum atomic E-state index is -3.80. The van der Waals surface area contributed by atoms with Crippen LogP contribution in [0.5, 0.6) is 0 Å². The SMILES string of the molecule is C=CCNC(=O)[C@H]1C=CCN1S(=O)(=O)c1cccc2ccccc12. The third-order valence-corrected chi connectivity index (χ3v) is 5.84. The van der Waals surface area contributed by atoms with E-state index < -0.39 is 16.1 Å². The van der Waals surface area contributed by atoms with E-state index in [0.29, 0.717) is 11.9 Å². The van der Waals surface area contributed by atoms with Gasteiger partial charge in [-0.1, -0.05) is 54.6 Å². The summed E-state index contributed by atoms with van der Waals surface area (Å²) in [6.07, 6.45) is 4.86. The molecule has 0 spiro atoms. The van der Waals surface area contributed by atoms with E-state index in [1.165, 1.54) is 4.31 Å². The summed E-state index contributed by atoms with van der Waals surface area (Å²) >= 11 is 0. The highest BCUT2D eigenvalue weighted by Crippen LogP contribution is 2.28. The molecule has 1 aliphatic rings. The summed E-state index contributed by atoms with van der Waals surface area (Å²) in [5, 5.41) is 4.15. The molecule has 1 aliphatic heterocycles. The fourth-order valence-electron chi connectivity index (χ4n) is 2.79. The number of carbonyl (C=O) groups excluding carboxylic acids is 1. The maximum Gasteiger partial charge on any atom is 0.244 e. The van der Waals surface area contributed by atoms with Crippen LogP contribution in [0.3, 0.4) is 0 Å². The zero-order chi connectivity index (χ0) is 17.2. The maximum atomic E-state index is 13.1. The molecule has 0 aromatic heterocycles. The van der Waals surface area contributed by atoms with Gasteiger partial charge in [-0.2, -0.15) is 4.31 Å². The third kappa shape index (κ3) is 2.86. The van der Waals surface area contributed by atoms with Crippen molar-refractivity contribution in [3.63, 3.8) is 0 Å². The van der Waals surface area contributed by atoms with Crippen LogP contribution < -0.4 is 5.32 Å². The van der Waals surface area contributed by atoms with Crippen molar-refractivity contribution in [1.82, 2.24) is 9.62 Å². The lowest BCUT2D eigenvalue weighted by molar-refractivity contribution is -0.122. The number of fused-ring (bicyclic) bond motifs is 1. The van der Waals surface area contributed by atoms with Crippen LogP contribution >= 0.6 is 0 Å². The predicted molar refractivity (Wildman–Crippen MR) is 94.0 cm³/mol. The highest BCUT2D eigenvalue weighted by molar-refractivity contribution is 7.89. The second-order valence-corrected chi connectivity index (χ2v) is 7.32. The van der Waals surface area contributed by atoms with E-state index in [1.807, 2.05) is 18.2 Å². The van der Waals surface area contributed by atoms with Crippen molar-refractivity contribution in [3.05, 3.63) is 67.3 Å². The lowest BCUT2D eigenvalue weighted by Crippen LogP contribution is -2.46. The summed E-state index contributed by atoms with van der Waals surface area (Å²) in [6, 6.07) is 11.6. The van der Waals surface area contributed by atoms with E-state index in [9.17, 15) is 13.2 Å². The van der Waals surface area contributed by atoms with Crippen molar-refractivity contribution in [1.29, 1.82) is 0 Å². The lowest BCUT2D eigenvalue weighted by atomic mass is 10.1. The molecular formula is C18H18N2O3S. The molecule has 0 fully saturated rings. The summed E-state index contributed by atoms with van der Waals surface area (Å²) in [5.41, 5.74) is 0. The molecule has 124 valence electrons. The van der Waals surface area contributed by atoms with Gasteiger partial charge < -0.3 is 5.32 Å². The summed E-state index contributed by atoms with van der Waals surface area (Å²) in [6.45, 7) is 4.02.